The zero-order valence-electron chi connectivity index (χ0n) is 11.2. The van der Waals surface area contributed by atoms with Gasteiger partial charge in [-0.1, -0.05) is 12.1 Å². The van der Waals surface area contributed by atoms with Crippen LogP contribution in [-0.4, -0.2) is 44.6 Å². The van der Waals surface area contributed by atoms with Crippen molar-refractivity contribution < 1.29 is 17.9 Å². The SMILES string of the molecule is O=S(=O)(c1cccc2c1OCC2)N1CCOCC12CC2. The topological polar surface area (TPSA) is 55.8 Å². The van der Waals surface area contributed by atoms with E-state index in [1.807, 2.05) is 6.07 Å². The van der Waals surface area contributed by atoms with E-state index >= 15 is 0 Å². The Balaban J connectivity index is 1.79. The van der Waals surface area contributed by atoms with Gasteiger partial charge in [-0.25, -0.2) is 8.42 Å². The monoisotopic (exact) mass is 295 g/mol. The smallest absolute Gasteiger partial charge is 0.247 e. The molecule has 2 heterocycles. The minimum Gasteiger partial charge on any atom is -0.492 e. The number of hydrogen-bond acceptors (Lipinski definition) is 4. The van der Waals surface area contributed by atoms with Crippen LogP contribution in [0, 0.1) is 0 Å². The first kappa shape index (κ1) is 12.6. The molecule has 0 bridgehead atoms. The quantitative estimate of drug-likeness (QED) is 0.822. The molecule has 1 saturated heterocycles. The average molecular weight is 295 g/mol. The predicted octanol–water partition coefficient (Wildman–Crippen LogP) is 1.18. The van der Waals surface area contributed by atoms with Crippen LogP contribution in [-0.2, 0) is 21.2 Å². The second-order valence-electron chi connectivity index (χ2n) is 5.70. The number of para-hydroxylation sites is 1. The number of morpholine rings is 1. The summed E-state index contributed by atoms with van der Waals surface area (Å²) in [6, 6.07) is 5.40. The number of hydrogen-bond donors (Lipinski definition) is 0. The fourth-order valence-electron chi connectivity index (χ4n) is 3.14. The maximum absolute atomic E-state index is 13.0. The fraction of sp³-hybridized carbons (Fsp3) is 0.571. The molecule has 0 atom stereocenters. The molecule has 108 valence electrons. The summed E-state index contributed by atoms with van der Waals surface area (Å²) in [6.45, 7) is 1.99. The van der Waals surface area contributed by atoms with Crippen LogP contribution in [0.3, 0.4) is 0 Å². The van der Waals surface area contributed by atoms with Gasteiger partial charge in [0.25, 0.3) is 0 Å². The van der Waals surface area contributed by atoms with Gasteiger partial charge >= 0.3 is 0 Å². The van der Waals surface area contributed by atoms with Crippen molar-refractivity contribution in [2.45, 2.75) is 29.7 Å². The molecule has 20 heavy (non-hydrogen) atoms. The van der Waals surface area contributed by atoms with E-state index in [0.717, 1.165) is 24.8 Å². The van der Waals surface area contributed by atoms with E-state index in [1.165, 1.54) is 0 Å². The molecule has 1 spiro atoms. The zero-order chi connectivity index (χ0) is 13.8. The number of rotatable bonds is 2. The van der Waals surface area contributed by atoms with Crippen LogP contribution in [0.1, 0.15) is 18.4 Å². The second-order valence-corrected chi connectivity index (χ2v) is 7.53. The summed E-state index contributed by atoms with van der Waals surface area (Å²) in [5.41, 5.74) is 0.697. The van der Waals surface area contributed by atoms with Crippen LogP contribution in [0.15, 0.2) is 23.1 Å². The molecule has 2 aliphatic heterocycles. The number of benzene rings is 1. The van der Waals surface area contributed by atoms with Gasteiger partial charge in [-0.05, 0) is 24.5 Å². The lowest BCUT2D eigenvalue weighted by molar-refractivity contribution is 0.0213. The van der Waals surface area contributed by atoms with E-state index in [2.05, 4.69) is 0 Å². The van der Waals surface area contributed by atoms with Crippen LogP contribution < -0.4 is 4.74 Å². The van der Waals surface area contributed by atoms with Crippen LogP contribution in [0.2, 0.25) is 0 Å². The molecule has 0 aromatic heterocycles. The molecule has 0 amide bonds. The molecule has 5 nitrogen and oxygen atoms in total. The van der Waals surface area contributed by atoms with Crippen molar-refractivity contribution in [3.8, 4) is 5.75 Å². The van der Waals surface area contributed by atoms with Gasteiger partial charge < -0.3 is 9.47 Å². The lowest BCUT2D eigenvalue weighted by Gasteiger charge is -2.35. The maximum atomic E-state index is 13.0. The fourth-order valence-corrected chi connectivity index (χ4v) is 5.11. The minimum absolute atomic E-state index is 0.293. The van der Waals surface area contributed by atoms with Crippen LogP contribution in [0.25, 0.3) is 0 Å². The van der Waals surface area contributed by atoms with Crippen molar-refractivity contribution in [3.63, 3.8) is 0 Å². The largest absolute Gasteiger partial charge is 0.492 e. The van der Waals surface area contributed by atoms with E-state index in [-0.39, 0.29) is 5.54 Å². The predicted molar refractivity (Wildman–Crippen MR) is 72.3 cm³/mol. The first-order valence-corrected chi connectivity index (χ1v) is 8.43. The lowest BCUT2D eigenvalue weighted by Crippen LogP contribution is -2.50. The molecule has 3 aliphatic rings. The Morgan fingerprint density at radius 3 is 2.85 bits per heavy atom. The second kappa shape index (κ2) is 4.19. The molecule has 1 aromatic carbocycles. The van der Waals surface area contributed by atoms with Crippen molar-refractivity contribution in [2.75, 3.05) is 26.4 Å². The zero-order valence-corrected chi connectivity index (χ0v) is 12.0. The van der Waals surface area contributed by atoms with Crippen LogP contribution in [0.4, 0.5) is 0 Å². The van der Waals surface area contributed by atoms with Crippen molar-refractivity contribution in [1.29, 1.82) is 0 Å². The van der Waals surface area contributed by atoms with E-state index in [0.29, 0.717) is 37.0 Å². The Labute approximate surface area is 118 Å². The third-order valence-electron chi connectivity index (χ3n) is 4.41. The summed E-state index contributed by atoms with van der Waals surface area (Å²) >= 11 is 0. The normalized spacial score (nSPS) is 24.4. The number of fused-ring (bicyclic) bond motifs is 1. The summed E-state index contributed by atoms with van der Waals surface area (Å²) < 4.78 is 38.6. The summed E-state index contributed by atoms with van der Waals surface area (Å²) in [7, 11) is -3.50. The van der Waals surface area contributed by atoms with Crippen LogP contribution in [0.5, 0.6) is 5.75 Å². The molecule has 6 heteroatoms. The van der Waals surface area contributed by atoms with Crippen molar-refractivity contribution >= 4 is 10.0 Å². The third kappa shape index (κ3) is 1.71. The van der Waals surface area contributed by atoms with Gasteiger partial charge in [-0.15, -0.1) is 0 Å². The first-order valence-electron chi connectivity index (χ1n) is 6.99. The summed E-state index contributed by atoms with van der Waals surface area (Å²) in [6.07, 6.45) is 2.57. The van der Waals surface area contributed by atoms with Gasteiger partial charge in [0.1, 0.15) is 10.6 Å². The molecule has 0 N–H and O–H groups in total. The molecule has 2 fully saturated rings. The van der Waals surface area contributed by atoms with E-state index in [1.54, 1.807) is 16.4 Å². The van der Waals surface area contributed by atoms with Crippen molar-refractivity contribution in [3.05, 3.63) is 23.8 Å². The molecule has 1 aromatic rings. The Bertz CT molecular complexity index is 651. The van der Waals surface area contributed by atoms with Gasteiger partial charge in [0.05, 0.1) is 25.4 Å². The van der Waals surface area contributed by atoms with Gasteiger partial charge in [0.2, 0.25) is 10.0 Å². The standard InChI is InChI=1S/C14H17NO4S/c16-20(17,15-7-9-18-10-14(15)5-6-14)12-3-1-2-11-4-8-19-13(11)12/h1-3H,4-10H2. The Kier molecular flexibility index (Phi) is 2.64. The maximum Gasteiger partial charge on any atom is 0.247 e. The lowest BCUT2D eigenvalue weighted by atomic mass is 10.2. The summed E-state index contributed by atoms with van der Waals surface area (Å²) in [5.74, 6) is 0.551. The summed E-state index contributed by atoms with van der Waals surface area (Å²) in [4.78, 5) is 0.320. The number of nitrogens with zero attached hydrogens (tertiary/aromatic N) is 1. The van der Waals surface area contributed by atoms with Crippen molar-refractivity contribution in [1.82, 2.24) is 4.31 Å². The van der Waals surface area contributed by atoms with Gasteiger partial charge in [-0.3, -0.25) is 0 Å². The van der Waals surface area contributed by atoms with E-state index < -0.39 is 10.0 Å². The average Bonchev–Trinajstić information content (AvgIpc) is 3.04. The highest BCUT2D eigenvalue weighted by Gasteiger charge is 2.55. The molecular weight excluding hydrogens is 278 g/mol. The molecule has 0 radical (unpaired) electrons. The minimum atomic E-state index is -3.50. The molecule has 0 unspecified atom stereocenters. The Morgan fingerprint density at radius 1 is 1.20 bits per heavy atom. The number of ether oxygens (including phenoxy) is 2. The number of sulfonamides is 1. The van der Waals surface area contributed by atoms with Crippen molar-refractivity contribution in [2.24, 2.45) is 0 Å². The van der Waals surface area contributed by atoms with Gasteiger partial charge in [0, 0.05) is 13.0 Å². The van der Waals surface area contributed by atoms with Gasteiger partial charge in [0.15, 0.2) is 0 Å². The van der Waals surface area contributed by atoms with Gasteiger partial charge in [-0.2, -0.15) is 4.31 Å². The highest BCUT2D eigenvalue weighted by atomic mass is 32.2. The Hall–Kier alpha value is -1.11. The molecule has 1 saturated carbocycles. The van der Waals surface area contributed by atoms with E-state index in [9.17, 15) is 8.42 Å². The molecular formula is C14H17NO4S. The Morgan fingerprint density at radius 2 is 2.05 bits per heavy atom. The first-order chi connectivity index (χ1) is 9.63. The van der Waals surface area contributed by atoms with Crippen LogP contribution >= 0.6 is 0 Å². The highest BCUT2D eigenvalue weighted by Crippen LogP contribution is 2.47. The highest BCUT2D eigenvalue weighted by molar-refractivity contribution is 7.89. The summed E-state index contributed by atoms with van der Waals surface area (Å²) in [5, 5.41) is 0. The van der Waals surface area contributed by atoms with E-state index in [4.69, 9.17) is 9.47 Å². The third-order valence-corrected chi connectivity index (χ3v) is 6.44. The molecule has 4 rings (SSSR count). The molecule has 1 aliphatic carbocycles.